The zero-order valence-electron chi connectivity index (χ0n) is 27.0. The standard InChI is InChI=1S/C37H54NO3P/c1-7-8-10-15-33(27-34-20-19-29(2)30(3)24-34)16-13-22-40-37-31(4)25-35(26-32(37)5)28-38-21-14-23-42(6,39)41-36-17-11-9-12-18-36/h9,11-12,17-20,24-26,33,38H,7-8,10,13-16,21-23,27-28H2,1-6H3. The number of unbranched alkanes of at least 4 members (excludes halogenated alkanes) is 2. The molecule has 3 aromatic rings. The summed E-state index contributed by atoms with van der Waals surface area (Å²) in [6.07, 6.45) is 10.0. The third kappa shape index (κ3) is 12.0. The van der Waals surface area contributed by atoms with Crippen molar-refractivity contribution in [3.8, 4) is 11.5 Å². The van der Waals surface area contributed by atoms with E-state index >= 15 is 0 Å². The van der Waals surface area contributed by atoms with Gasteiger partial charge in [0.15, 0.2) is 0 Å². The molecule has 230 valence electrons. The number of para-hydroxylation sites is 1. The molecule has 2 unspecified atom stereocenters. The molecule has 3 aromatic carbocycles. The van der Waals surface area contributed by atoms with Gasteiger partial charge in [-0.2, -0.15) is 0 Å². The number of aryl methyl sites for hydroxylation is 4. The third-order valence-electron chi connectivity index (χ3n) is 8.12. The van der Waals surface area contributed by atoms with E-state index in [1.807, 2.05) is 30.3 Å². The number of hydrogen-bond donors (Lipinski definition) is 1. The molecule has 5 heteroatoms. The molecule has 3 rings (SSSR count). The molecular formula is C37H54NO3P. The summed E-state index contributed by atoms with van der Waals surface area (Å²) in [5, 5.41) is 3.51. The first kappa shape index (κ1) is 33.9. The molecule has 0 heterocycles. The van der Waals surface area contributed by atoms with E-state index in [2.05, 4.69) is 70.3 Å². The Morgan fingerprint density at radius 3 is 2.17 bits per heavy atom. The van der Waals surface area contributed by atoms with Crippen molar-refractivity contribution in [2.75, 3.05) is 26.0 Å². The summed E-state index contributed by atoms with van der Waals surface area (Å²) in [6, 6.07) is 20.9. The lowest BCUT2D eigenvalue weighted by Crippen LogP contribution is -2.16. The molecule has 0 saturated heterocycles. The summed E-state index contributed by atoms with van der Waals surface area (Å²) >= 11 is 0. The monoisotopic (exact) mass is 591 g/mol. The molecule has 0 aliphatic carbocycles. The predicted molar refractivity (Wildman–Crippen MR) is 180 cm³/mol. The van der Waals surface area contributed by atoms with Crippen molar-refractivity contribution in [3.63, 3.8) is 0 Å². The molecule has 0 fully saturated rings. The number of hydrogen-bond acceptors (Lipinski definition) is 4. The lowest BCUT2D eigenvalue weighted by Gasteiger charge is -2.19. The average Bonchev–Trinajstić information content (AvgIpc) is 2.94. The molecule has 1 N–H and O–H groups in total. The van der Waals surface area contributed by atoms with Crippen LogP contribution in [0.3, 0.4) is 0 Å². The maximum Gasteiger partial charge on any atom is 0.245 e. The van der Waals surface area contributed by atoms with Gasteiger partial charge in [-0.3, -0.25) is 4.57 Å². The minimum atomic E-state index is -2.65. The quantitative estimate of drug-likeness (QED) is 0.111. The smallest absolute Gasteiger partial charge is 0.245 e. The molecule has 0 radical (unpaired) electrons. The average molecular weight is 592 g/mol. The van der Waals surface area contributed by atoms with E-state index in [1.54, 1.807) is 6.66 Å². The highest BCUT2D eigenvalue weighted by Gasteiger charge is 2.17. The van der Waals surface area contributed by atoms with Crippen LogP contribution in [0.15, 0.2) is 60.7 Å². The zero-order valence-corrected chi connectivity index (χ0v) is 27.9. The summed E-state index contributed by atoms with van der Waals surface area (Å²) in [7, 11) is -2.65. The minimum Gasteiger partial charge on any atom is -0.493 e. The summed E-state index contributed by atoms with van der Waals surface area (Å²) in [5.41, 5.74) is 7.88. The summed E-state index contributed by atoms with van der Waals surface area (Å²) in [5.74, 6) is 2.42. The molecule has 0 bridgehead atoms. The van der Waals surface area contributed by atoms with Gasteiger partial charge in [-0.1, -0.05) is 81.1 Å². The van der Waals surface area contributed by atoms with Crippen molar-refractivity contribution in [2.24, 2.45) is 5.92 Å². The van der Waals surface area contributed by atoms with Crippen LogP contribution in [0.1, 0.15) is 85.3 Å². The van der Waals surface area contributed by atoms with Crippen LogP contribution in [0.25, 0.3) is 0 Å². The highest BCUT2D eigenvalue weighted by molar-refractivity contribution is 7.58. The molecule has 42 heavy (non-hydrogen) atoms. The van der Waals surface area contributed by atoms with Gasteiger partial charge in [0, 0.05) is 19.4 Å². The first-order chi connectivity index (χ1) is 20.2. The van der Waals surface area contributed by atoms with Crippen molar-refractivity contribution < 1.29 is 13.8 Å². The Balaban J connectivity index is 1.42. The van der Waals surface area contributed by atoms with E-state index < -0.39 is 7.37 Å². The van der Waals surface area contributed by atoms with E-state index in [0.29, 0.717) is 17.8 Å². The second-order valence-corrected chi connectivity index (χ2v) is 14.9. The van der Waals surface area contributed by atoms with Crippen molar-refractivity contribution >= 4 is 7.37 Å². The molecule has 0 aliphatic rings. The maximum absolute atomic E-state index is 12.8. The zero-order chi connectivity index (χ0) is 30.4. The molecule has 0 aromatic heterocycles. The second-order valence-electron chi connectivity index (χ2n) is 12.2. The van der Waals surface area contributed by atoms with Crippen LogP contribution < -0.4 is 14.6 Å². The number of rotatable bonds is 19. The number of ether oxygens (including phenoxy) is 1. The van der Waals surface area contributed by atoms with E-state index in [4.69, 9.17) is 9.26 Å². The Morgan fingerprint density at radius 1 is 0.786 bits per heavy atom. The van der Waals surface area contributed by atoms with Crippen molar-refractivity contribution in [2.45, 2.75) is 92.5 Å². The number of benzene rings is 3. The largest absolute Gasteiger partial charge is 0.493 e. The lowest BCUT2D eigenvalue weighted by atomic mass is 9.89. The van der Waals surface area contributed by atoms with Crippen molar-refractivity contribution in [3.05, 3.63) is 94.0 Å². The lowest BCUT2D eigenvalue weighted by molar-refractivity contribution is 0.283. The van der Waals surface area contributed by atoms with Crippen LogP contribution in [0.4, 0.5) is 0 Å². The number of nitrogens with one attached hydrogen (secondary N) is 1. The van der Waals surface area contributed by atoms with Gasteiger partial charge in [0.2, 0.25) is 7.37 Å². The van der Waals surface area contributed by atoms with Crippen LogP contribution >= 0.6 is 7.37 Å². The van der Waals surface area contributed by atoms with Crippen LogP contribution in [-0.2, 0) is 17.5 Å². The first-order valence-electron chi connectivity index (χ1n) is 16.0. The summed E-state index contributed by atoms with van der Waals surface area (Å²) in [6.45, 7) is 15.1. The second kappa shape index (κ2) is 17.5. The molecule has 0 aliphatic heterocycles. The Kier molecular flexibility index (Phi) is 14.2. The topological polar surface area (TPSA) is 47.6 Å². The minimum absolute atomic E-state index is 0.559. The Bertz CT molecular complexity index is 1250. The maximum atomic E-state index is 12.8. The SMILES string of the molecule is CCCCCC(CCCOc1c(C)cc(CNCCCP(C)(=O)Oc2ccccc2)cc1C)Cc1ccc(C)c(C)c1. The van der Waals surface area contributed by atoms with E-state index in [-0.39, 0.29) is 0 Å². The van der Waals surface area contributed by atoms with E-state index in [9.17, 15) is 4.57 Å². The van der Waals surface area contributed by atoms with E-state index in [1.165, 1.54) is 71.9 Å². The fourth-order valence-electron chi connectivity index (χ4n) is 5.69. The van der Waals surface area contributed by atoms with Gasteiger partial charge in [-0.05, 0) is 111 Å². The molecule has 4 nitrogen and oxygen atoms in total. The van der Waals surface area contributed by atoms with Gasteiger partial charge in [0.1, 0.15) is 11.5 Å². The van der Waals surface area contributed by atoms with Crippen LogP contribution in [0, 0.1) is 33.6 Å². The molecule has 0 amide bonds. The Hall–Kier alpha value is -2.55. The highest BCUT2D eigenvalue weighted by Crippen LogP contribution is 2.43. The van der Waals surface area contributed by atoms with Gasteiger partial charge in [-0.15, -0.1) is 0 Å². The van der Waals surface area contributed by atoms with Crippen LogP contribution in [0.5, 0.6) is 11.5 Å². The molecule has 0 spiro atoms. The Labute approximate surface area is 256 Å². The molecule has 0 saturated carbocycles. The Morgan fingerprint density at radius 2 is 1.48 bits per heavy atom. The van der Waals surface area contributed by atoms with Crippen molar-refractivity contribution in [1.82, 2.24) is 5.32 Å². The fourth-order valence-corrected chi connectivity index (χ4v) is 7.08. The van der Waals surface area contributed by atoms with E-state index in [0.717, 1.165) is 38.3 Å². The van der Waals surface area contributed by atoms with Gasteiger partial charge in [0.25, 0.3) is 0 Å². The normalized spacial score (nSPS) is 13.5. The highest BCUT2D eigenvalue weighted by atomic mass is 31.2. The van der Waals surface area contributed by atoms with Gasteiger partial charge < -0.3 is 14.6 Å². The third-order valence-corrected chi connectivity index (χ3v) is 9.85. The summed E-state index contributed by atoms with van der Waals surface area (Å²) < 4.78 is 24.9. The predicted octanol–water partition coefficient (Wildman–Crippen LogP) is 9.99. The van der Waals surface area contributed by atoms with Crippen LogP contribution in [0.2, 0.25) is 0 Å². The summed E-state index contributed by atoms with van der Waals surface area (Å²) in [4.78, 5) is 0. The van der Waals surface area contributed by atoms with Crippen molar-refractivity contribution in [1.29, 1.82) is 0 Å². The first-order valence-corrected chi connectivity index (χ1v) is 18.2. The molecule has 2 atom stereocenters. The van der Waals surface area contributed by atoms with Gasteiger partial charge >= 0.3 is 0 Å². The van der Waals surface area contributed by atoms with Gasteiger partial charge in [-0.25, -0.2) is 0 Å². The van der Waals surface area contributed by atoms with Crippen LogP contribution in [-0.4, -0.2) is 26.0 Å². The fraction of sp³-hybridized carbons (Fsp3) is 0.514. The molecular weight excluding hydrogens is 537 g/mol. The van der Waals surface area contributed by atoms with Gasteiger partial charge in [0.05, 0.1) is 6.61 Å².